The molecule has 1 fully saturated rings. The van der Waals surface area contributed by atoms with Crippen LogP contribution in [0.3, 0.4) is 0 Å². The number of aryl methyl sites for hydroxylation is 1. The molecule has 1 saturated heterocycles. The number of benzene rings is 1. The molecule has 0 radical (unpaired) electrons. The summed E-state index contributed by atoms with van der Waals surface area (Å²) >= 11 is 3.60. The number of ether oxygens (including phenoxy) is 3. The SMILES string of the molecule is CC(=O)OC[C@H]1O[C@H]2C[C@H](Nc3cc(C)cc(Br)c32)[C@@H]1OC(C)=O. The maximum Gasteiger partial charge on any atom is 0.303 e. The van der Waals surface area contributed by atoms with Gasteiger partial charge < -0.3 is 19.5 Å². The molecule has 0 aromatic heterocycles. The summed E-state index contributed by atoms with van der Waals surface area (Å²) in [5.74, 6) is -0.769. The Morgan fingerprint density at radius 3 is 2.75 bits per heavy atom. The Hall–Kier alpha value is -1.60. The van der Waals surface area contributed by atoms with Gasteiger partial charge in [-0.3, -0.25) is 9.59 Å². The highest BCUT2D eigenvalue weighted by Gasteiger charge is 2.46. The number of halogens is 1. The van der Waals surface area contributed by atoms with Crippen molar-refractivity contribution in [3.8, 4) is 0 Å². The van der Waals surface area contributed by atoms with Crippen molar-refractivity contribution in [2.75, 3.05) is 11.9 Å². The van der Waals surface area contributed by atoms with Crippen molar-refractivity contribution < 1.29 is 23.8 Å². The molecule has 7 heteroatoms. The first-order valence-corrected chi connectivity index (χ1v) is 8.67. The van der Waals surface area contributed by atoms with Crippen molar-refractivity contribution in [2.24, 2.45) is 0 Å². The van der Waals surface area contributed by atoms with Crippen LogP contribution in [-0.2, 0) is 23.8 Å². The van der Waals surface area contributed by atoms with E-state index < -0.39 is 12.2 Å². The van der Waals surface area contributed by atoms with Crippen molar-refractivity contribution >= 4 is 33.6 Å². The van der Waals surface area contributed by atoms with Gasteiger partial charge in [0.25, 0.3) is 0 Å². The topological polar surface area (TPSA) is 73.9 Å². The number of esters is 2. The van der Waals surface area contributed by atoms with Crippen molar-refractivity contribution in [3.05, 3.63) is 27.7 Å². The lowest BCUT2D eigenvalue weighted by atomic mass is 9.86. The van der Waals surface area contributed by atoms with Gasteiger partial charge in [-0.2, -0.15) is 0 Å². The van der Waals surface area contributed by atoms with Gasteiger partial charge in [0.1, 0.15) is 12.7 Å². The molecule has 0 aliphatic carbocycles. The van der Waals surface area contributed by atoms with Crippen LogP contribution in [0.5, 0.6) is 0 Å². The number of carbonyl (C=O) groups is 2. The van der Waals surface area contributed by atoms with Crippen LogP contribution in [0.25, 0.3) is 0 Å². The van der Waals surface area contributed by atoms with Crippen LogP contribution in [0.4, 0.5) is 5.69 Å². The lowest BCUT2D eigenvalue weighted by Crippen LogP contribution is -2.55. The van der Waals surface area contributed by atoms with Gasteiger partial charge in [-0.25, -0.2) is 0 Å². The van der Waals surface area contributed by atoms with Gasteiger partial charge in [0.15, 0.2) is 6.10 Å². The average Bonchev–Trinajstić information content (AvgIpc) is 2.46. The van der Waals surface area contributed by atoms with E-state index in [1.165, 1.54) is 13.8 Å². The van der Waals surface area contributed by atoms with Crippen LogP contribution in [0.1, 0.15) is 37.5 Å². The summed E-state index contributed by atoms with van der Waals surface area (Å²) in [5.41, 5.74) is 3.14. The Kier molecular flexibility index (Phi) is 4.83. The Morgan fingerprint density at radius 1 is 1.33 bits per heavy atom. The van der Waals surface area contributed by atoms with Crippen LogP contribution in [0.2, 0.25) is 0 Å². The predicted molar refractivity (Wildman–Crippen MR) is 90.7 cm³/mol. The number of hydrogen-bond donors (Lipinski definition) is 1. The van der Waals surface area contributed by atoms with E-state index in [-0.39, 0.29) is 30.7 Å². The first kappa shape index (κ1) is 17.2. The molecule has 0 unspecified atom stereocenters. The van der Waals surface area contributed by atoms with Gasteiger partial charge >= 0.3 is 11.9 Å². The second-order valence-corrected chi connectivity index (χ2v) is 7.09. The molecule has 2 aliphatic rings. The third kappa shape index (κ3) is 3.42. The lowest BCUT2D eigenvalue weighted by Gasteiger charge is -2.45. The zero-order valence-corrected chi connectivity index (χ0v) is 15.4. The minimum Gasteiger partial charge on any atom is -0.463 e. The Labute approximate surface area is 149 Å². The van der Waals surface area contributed by atoms with Crippen molar-refractivity contribution in [1.29, 1.82) is 0 Å². The summed E-state index contributed by atoms with van der Waals surface area (Å²) in [7, 11) is 0. The molecule has 0 saturated carbocycles. The highest BCUT2D eigenvalue weighted by atomic mass is 79.9. The fourth-order valence-corrected chi connectivity index (χ4v) is 4.21. The highest BCUT2D eigenvalue weighted by Crippen LogP contribution is 2.45. The molecule has 1 aromatic rings. The van der Waals surface area contributed by atoms with Crippen LogP contribution in [0, 0.1) is 6.92 Å². The van der Waals surface area contributed by atoms with Gasteiger partial charge in [0, 0.05) is 36.0 Å². The van der Waals surface area contributed by atoms with E-state index in [0.29, 0.717) is 6.42 Å². The molecule has 6 nitrogen and oxygen atoms in total. The summed E-state index contributed by atoms with van der Waals surface area (Å²) in [6.07, 6.45) is -0.474. The fourth-order valence-electron chi connectivity index (χ4n) is 3.38. The Balaban J connectivity index is 1.91. The molecule has 2 heterocycles. The van der Waals surface area contributed by atoms with Gasteiger partial charge in [0.2, 0.25) is 0 Å². The summed E-state index contributed by atoms with van der Waals surface area (Å²) in [6, 6.07) is 4.01. The van der Waals surface area contributed by atoms with E-state index in [4.69, 9.17) is 14.2 Å². The number of hydrogen-bond acceptors (Lipinski definition) is 6. The Bertz CT molecular complexity index is 677. The van der Waals surface area contributed by atoms with Gasteiger partial charge in [0.05, 0.1) is 12.1 Å². The first-order chi connectivity index (χ1) is 11.3. The second-order valence-electron chi connectivity index (χ2n) is 6.23. The molecule has 24 heavy (non-hydrogen) atoms. The van der Waals surface area contributed by atoms with Crippen molar-refractivity contribution in [2.45, 2.75) is 51.5 Å². The largest absolute Gasteiger partial charge is 0.463 e. The molecule has 1 N–H and O–H groups in total. The van der Waals surface area contributed by atoms with Crippen LogP contribution in [-0.4, -0.2) is 36.8 Å². The quantitative estimate of drug-likeness (QED) is 0.790. The van der Waals surface area contributed by atoms with E-state index in [1.807, 2.05) is 13.0 Å². The maximum absolute atomic E-state index is 11.5. The standard InChI is InChI=1S/C17H20BrNO5/c1-8-4-11(18)16-12(5-8)19-13-6-14(16)24-15(7-22-9(2)20)17(13)23-10(3)21/h4-5,13-15,17,19H,6-7H2,1-3H3/t13-,14-,15+,17-/m0/s1. The molecular formula is C17H20BrNO5. The summed E-state index contributed by atoms with van der Waals surface area (Å²) in [4.78, 5) is 22.6. The van der Waals surface area contributed by atoms with E-state index in [2.05, 4.69) is 27.3 Å². The number of nitrogens with one attached hydrogen (secondary N) is 1. The summed E-state index contributed by atoms with van der Waals surface area (Å²) < 4.78 is 17.7. The third-order valence-electron chi connectivity index (χ3n) is 4.26. The third-order valence-corrected chi connectivity index (χ3v) is 4.92. The molecule has 3 rings (SSSR count). The smallest absolute Gasteiger partial charge is 0.303 e. The van der Waals surface area contributed by atoms with E-state index in [0.717, 1.165) is 21.3 Å². The predicted octanol–water partition coefficient (Wildman–Crippen LogP) is 2.88. The molecule has 130 valence electrons. The number of carbonyl (C=O) groups excluding carboxylic acids is 2. The second kappa shape index (κ2) is 6.72. The van der Waals surface area contributed by atoms with E-state index in [9.17, 15) is 9.59 Å². The molecule has 0 spiro atoms. The van der Waals surface area contributed by atoms with Crippen molar-refractivity contribution in [3.63, 3.8) is 0 Å². The fraction of sp³-hybridized carbons (Fsp3) is 0.529. The molecular weight excluding hydrogens is 378 g/mol. The molecule has 0 amide bonds. The molecule has 2 bridgehead atoms. The maximum atomic E-state index is 11.5. The van der Waals surface area contributed by atoms with Gasteiger partial charge in [-0.15, -0.1) is 0 Å². The zero-order valence-electron chi connectivity index (χ0n) is 13.8. The lowest BCUT2D eigenvalue weighted by molar-refractivity contribution is -0.185. The Morgan fingerprint density at radius 2 is 2.08 bits per heavy atom. The van der Waals surface area contributed by atoms with E-state index >= 15 is 0 Å². The van der Waals surface area contributed by atoms with Gasteiger partial charge in [-0.1, -0.05) is 15.9 Å². The average molecular weight is 398 g/mol. The highest BCUT2D eigenvalue weighted by molar-refractivity contribution is 9.10. The molecule has 2 aliphatic heterocycles. The first-order valence-electron chi connectivity index (χ1n) is 7.87. The summed E-state index contributed by atoms with van der Waals surface area (Å²) in [5, 5.41) is 3.46. The monoisotopic (exact) mass is 397 g/mol. The van der Waals surface area contributed by atoms with Crippen LogP contribution in [0.15, 0.2) is 16.6 Å². The minimum atomic E-state index is -0.509. The van der Waals surface area contributed by atoms with Crippen LogP contribution >= 0.6 is 15.9 Å². The number of anilines is 1. The summed E-state index contributed by atoms with van der Waals surface area (Å²) in [6.45, 7) is 4.79. The molecule has 1 aromatic carbocycles. The van der Waals surface area contributed by atoms with E-state index in [1.54, 1.807) is 0 Å². The minimum absolute atomic E-state index is 0.0563. The zero-order chi connectivity index (χ0) is 17.4. The van der Waals surface area contributed by atoms with Crippen LogP contribution < -0.4 is 5.32 Å². The normalized spacial score (nSPS) is 27.7. The number of rotatable bonds is 3. The van der Waals surface area contributed by atoms with Crippen molar-refractivity contribution in [1.82, 2.24) is 0 Å². The number of fused-ring (bicyclic) bond motifs is 4. The van der Waals surface area contributed by atoms with Gasteiger partial charge in [-0.05, 0) is 24.6 Å². The molecule has 4 atom stereocenters.